The van der Waals surface area contributed by atoms with E-state index in [-0.39, 0.29) is 0 Å². The summed E-state index contributed by atoms with van der Waals surface area (Å²) in [5.74, 6) is 2.59. The Bertz CT molecular complexity index is 144. The zero-order chi connectivity index (χ0) is 8.93. The van der Waals surface area contributed by atoms with Crippen LogP contribution < -0.4 is 5.32 Å². The molecule has 2 aliphatic rings. The highest BCUT2D eigenvalue weighted by atomic mass is 32.2. The summed E-state index contributed by atoms with van der Waals surface area (Å²) in [6, 6.07) is 0.775. The predicted molar refractivity (Wildman–Crippen MR) is 57.3 cm³/mol. The quantitative estimate of drug-likeness (QED) is 0.683. The van der Waals surface area contributed by atoms with E-state index in [1.54, 1.807) is 0 Å². The summed E-state index contributed by atoms with van der Waals surface area (Å²) in [5.41, 5.74) is 0. The van der Waals surface area contributed by atoms with Crippen LogP contribution in [0, 0.1) is 0 Å². The van der Waals surface area contributed by atoms with Crippen molar-refractivity contribution in [3.8, 4) is 0 Å². The summed E-state index contributed by atoms with van der Waals surface area (Å²) in [4.78, 5) is 0. The van der Waals surface area contributed by atoms with Crippen LogP contribution in [0.2, 0.25) is 0 Å². The van der Waals surface area contributed by atoms with Crippen molar-refractivity contribution in [3.63, 3.8) is 0 Å². The van der Waals surface area contributed by atoms with E-state index >= 15 is 0 Å². The van der Waals surface area contributed by atoms with Crippen molar-refractivity contribution in [2.75, 3.05) is 24.7 Å². The van der Waals surface area contributed by atoms with Crippen LogP contribution in [0.1, 0.15) is 25.7 Å². The van der Waals surface area contributed by atoms with Crippen LogP contribution in [0.5, 0.6) is 0 Å². The van der Waals surface area contributed by atoms with E-state index < -0.39 is 0 Å². The molecule has 1 aliphatic carbocycles. The van der Waals surface area contributed by atoms with Gasteiger partial charge < -0.3 is 10.1 Å². The van der Waals surface area contributed by atoms with Gasteiger partial charge in [0, 0.05) is 24.1 Å². The fraction of sp³-hybridized carbons (Fsp3) is 1.00. The lowest BCUT2D eigenvalue weighted by atomic mass is 10.3. The largest absolute Gasteiger partial charge is 0.377 e. The third-order valence-electron chi connectivity index (χ3n) is 2.83. The van der Waals surface area contributed by atoms with Crippen LogP contribution in [-0.2, 0) is 4.74 Å². The fourth-order valence-corrected chi connectivity index (χ4v) is 2.60. The van der Waals surface area contributed by atoms with E-state index in [0.29, 0.717) is 6.10 Å². The Hall–Kier alpha value is 0.270. The zero-order valence-corrected chi connectivity index (χ0v) is 8.94. The maximum Gasteiger partial charge on any atom is 0.0594 e. The predicted octanol–water partition coefficient (Wildman–Crippen LogP) is 1.65. The van der Waals surface area contributed by atoms with Crippen LogP contribution in [0.25, 0.3) is 0 Å². The molecular weight excluding hydrogens is 182 g/mol. The van der Waals surface area contributed by atoms with Crippen LogP contribution in [0.15, 0.2) is 0 Å². The van der Waals surface area contributed by atoms with Crippen LogP contribution in [-0.4, -0.2) is 36.8 Å². The molecule has 2 fully saturated rings. The van der Waals surface area contributed by atoms with Gasteiger partial charge in [0.2, 0.25) is 0 Å². The molecule has 0 amide bonds. The molecule has 1 saturated carbocycles. The average Bonchev–Trinajstić information content (AvgIpc) is 2.53. The van der Waals surface area contributed by atoms with Crippen molar-refractivity contribution in [3.05, 3.63) is 0 Å². The van der Waals surface area contributed by atoms with Gasteiger partial charge in [0.25, 0.3) is 0 Å². The molecule has 0 spiro atoms. The van der Waals surface area contributed by atoms with Gasteiger partial charge >= 0.3 is 0 Å². The molecule has 2 rings (SSSR count). The number of nitrogens with one attached hydrogen (secondary N) is 1. The Labute approximate surface area is 84.8 Å². The van der Waals surface area contributed by atoms with Crippen molar-refractivity contribution in [1.29, 1.82) is 0 Å². The molecule has 3 heteroatoms. The molecule has 0 radical (unpaired) electrons. The van der Waals surface area contributed by atoms with Gasteiger partial charge in [-0.15, -0.1) is 0 Å². The summed E-state index contributed by atoms with van der Waals surface area (Å²) < 4.78 is 5.75. The van der Waals surface area contributed by atoms with E-state index in [4.69, 9.17) is 4.74 Å². The minimum atomic E-state index is 0.581. The lowest BCUT2D eigenvalue weighted by Crippen LogP contribution is -2.42. The van der Waals surface area contributed by atoms with Gasteiger partial charge in [0.1, 0.15) is 0 Å². The molecule has 0 aromatic carbocycles. The smallest absolute Gasteiger partial charge is 0.0594 e. The number of ether oxygens (including phenoxy) is 1. The van der Waals surface area contributed by atoms with E-state index in [1.807, 2.05) is 11.8 Å². The standard InChI is InChI=1S/C10H19NOS/c1-2-4-10(3-1)12-6-5-11-9-7-13-8-9/h9-11H,1-8H2. The summed E-state index contributed by atoms with van der Waals surface area (Å²) in [6.45, 7) is 1.95. The first-order valence-corrected chi connectivity index (χ1v) is 6.53. The Balaban J connectivity index is 1.43. The summed E-state index contributed by atoms with van der Waals surface area (Å²) in [5, 5.41) is 3.50. The van der Waals surface area contributed by atoms with E-state index in [0.717, 1.165) is 19.2 Å². The average molecular weight is 201 g/mol. The lowest BCUT2D eigenvalue weighted by Gasteiger charge is -2.26. The maximum absolute atomic E-state index is 5.75. The first-order chi connectivity index (χ1) is 6.45. The van der Waals surface area contributed by atoms with Gasteiger partial charge in [0.05, 0.1) is 12.7 Å². The van der Waals surface area contributed by atoms with Gasteiger partial charge in [-0.1, -0.05) is 12.8 Å². The van der Waals surface area contributed by atoms with E-state index in [1.165, 1.54) is 37.2 Å². The van der Waals surface area contributed by atoms with Gasteiger partial charge in [-0.05, 0) is 12.8 Å². The lowest BCUT2D eigenvalue weighted by molar-refractivity contribution is 0.0596. The Morgan fingerprint density at radius 2 is 2.00 bits per heavy atom. The highest BCUT2D eigenvalue weighted by Crippen LogP contribution is 2.20. The molecule has 2 nitrogen and oxygen atoms in total. The second kappa shape index (κ2) is 5.23. The third kappa shape index (κ3) is 3.15. The molecule has 0 atom stereocenters. The fourth-order valence-electron chi connectivity index (χ4n) is 1.90. The molecule has 0 aromatic rings. The highest BCUT2D eigenvalue weighted by Gasteiger charge is 2.17. The SMILES string of the molecule is C1CCC(OCCNC2CSC2)C1. The minimum Gasteiger partial charge on any atom is -0.377 e. The van der Waals surface area contributed by atoms with Crippen molar-refractivity contribution < 1.29 is 4.74 Å². The molecule has 0 bridgehead atoms. The first-order valence-electron chi connectivity index (χ1n) is 5.38. The Morgan fingerprint density at radius 1 is 1.23 bits per heavy atom. The monoisotopic (exact) mass is 201 g/mol. The summed E-state index contributed by atoms with van der Waals surface area (Å²) in [7, 11) is 0. The van der Waals surface area contributed by atoms with Gasteiger partial charge in [-0.3, -0.25) is 0 Å². The number of thioether (sulfide) groups is 1. The number of rotatable bonds is 5. The van der Waals surface area contributed by atoms with Crippen molar-refractivity contribution in [2.45, 2.75) is 37.8 Å². The third-order valence-corrected chi connectivity index (χ3v) is 4.11. The molecule has 1 heterocycles. The molecule has 76 valence electrons. The molecule has 13 heavy (non-hydrogen) atoms. The van der Waals surface area contributed by atoms with Crippen molar-refractivity contribution in [1.82, 2.24) is 5.32 Å². The summed E-state index contributed by atoms with van der Waals surface area (Å²) in [6.07, 6.45) is 5.91. The maximum atomic E-state index is 5.75. The Kier molecular flexibility index (Phi) is 3.94. The van der Waals surface area contributed by atoms with Gasteiger partial charge in [0.15, 0.2) is 0 Å². The second-order valence-electron chi connectivity index (χ2n) is 3.97. The molecule has 1 saturated heterocycles. The highest BCUT2D eigenvalue weighted by molar-refractivity contribution is 8.00. The van der Waals surface area contributed by atoms with Crippen LogP contribution in [0.3, 0.4) is 0 Å². The number of hydrogen-bond donors (Lipinski definition) is 1. The molecule has 0 aromatic heterocycles. The second-order valence-corrected chi connectivity index (χ2v) is 5.04. The zero-order valence-electron chi connectivity index (χ0n) is 8.13. The van der Waals surface area contributed by atoms with Crippen molar-refractivity contribution in [2.24, 2.45) is 0 Å². The molecule has 0 unspecified atom stereocenters. The topological polar surface area (TPSA) is 21.3 Å². The first kappa shape index (κ1) is 9.81. The van der Waals surface area contributed by atoms with Crippen LogP contribution >= 0.6 is 11.8 Å². The summed E-state index contributed by atoms with van der Waals surface area (Å²) >= 11 is 2.03. The van der Waals surface area contributed by atoms with Crippen LogP contribution in [0.4, 0.5) is 0 Å². The minimum absolute atomic E-state index is 0.581. The van der Waals surface area contributed by atoms with E-state index in [9.17, 15) is 0 Å². The van der Waals surface area contributed by atoms with Gasteiger partial charge in [-0.25, -0.2) is 0 Å². The normalized spacial score (nSPS) is 24.9. The van der Waals surface area contributed by atoms with E-state index in [2.05, 4.69) is 5.32 Å². The van der Waals surface area contributed by atoms with Gasteiger partial charge in [-0.2, -0.15) is 11.8 Å². The number of hydrogen-bond acceptors (Lipinski definition) is 3. The Morgan fingerprint density at radius 3 is 2.62 bits per heavy atom. The molecular formula is C10H19NOS. The van der Waals surface area contributed by atoms with Crippen molar-refractivity contribution >= 4 is 11.8 Å². The molecule has 1 aliphatic heterocycles. The molecule has 1 N–H and O–H groups in total.